The van der Waals surface area contributed by atoms with Gasteiger partial charge in [-0.3, -0.25) is 4.98 Å². The average molecular weight is 253 g/mol. The molecule has 0 aromatic carbocycles. The molecule has 0 saturated carbocycles. The summed E-state index contributed by atoms with van der Waals surface area (Å²) in [6.07, 6.45) is 5.04. The van der Waals surface area contributed by atoms with E-state index < -0.39 is 0 Å². The molecule has 0 unspecified atom stereocenters. The van der Waals surface area contributed by atoms with Crippen LogP contribution in [-0.2, 0) is 0 Å². The van der Waals surface area contributed by atoms with Crippen LogP contribution in [0.25, 0.3) is 22.8 Å². The van der Waals surface area contributed by atoms with E-state index in [9.17, 15) is 0 Å². The lowest BCUT2D eigenvalue weighted by molar-refractivity contribution is 0.432. The summed E-state index contributed by atoms with van der Waals surface area (Å²) in [5.74, 6) is 1.37. The molecule has 6 nitrogen and oxygen atoms in total. The Labute approximate surface area is 109 Å². The number of hydrogen-bond acceptors (Lipinski definition) is 6. The number of pyridine rings is 2. The summed E-state index contributed by atoms with van der Waals surface area (Å²) < 4.78 is 5.23. The molecular formula is C13H11N5O. The quantitative estimate of drug-likeness (QED) is 0.751. The molecule has 6 heteroatoms. The highest BCUT2D eigenvalue weighted by atomic mass is 16.5. The number of aryl methyl sites for hydroxylation is 1. The molecule has 0 aliphatic heterocycles. The first-order chi connectivity index (χ1) is 9.24. The van der Waals surface area contributed by atoms with Crippen molar-refractivity contribution in [2.45, 2.75) is 6.92 Å². The Kier molecular flexibility index (Phi) is 2.68. The predicted molar refractivity (Wildman–Crippen MR) is 69.9 cm³/mol. The van der Waals surface area contributed by atoms with E-state index in [0.29, 0.717) is 17.5 Å². The van der Waals surface area contributed by atoms with Gasteiger partial charge in [0.2, 0.25) is 5.82 Å². The topological polar surface area (TPSA) is 90.7 Å². The van der Waals surface area contributed by atoms with Gasteiger partial charge in [-0.1, -0.05) is 5.16 Å². The van der Waals surface area contributed by atoms with Crippen LogP contribution in [0.2, 0.25) is 0 Å². The molecule has 94 valence electrons. The third-order valence-electron chi connectivity index (χ3n) is 2.74. The fraction of sp³-hybridized carbons (Fsp3) is 0.0769. The number of nitrogen functional groups attached to an aromatic ring is 1. The minimum absolute atomic E-state index is 0.408. The Morgan fingerprint density at radius 1 is 1.16 bits per heavy atom. The van der Waals surface area contributed by atoms with Crippen molar-refractivity contribution in [3.8, 4) is 22.8 Å². The number of hydrogen-bond donors (Lipinski definition) is 1. The summed E-state index contributed by atoms with van der Waals surface area (Å²) >= 11 is 0. The van der Waals surface area contributed by atoms with Gasteiger partial charge in [-0.2, -0.15) is 4.98 Å². The van der Waals surface area contributed by atoms with Gasteiger partial charge in [0.1, 0.15) is 5.82 Å². The van der Waals surface area contributed by atoms with Crippen LogP contribution in [0.4, 0.5) is 5.82 Å². The largest absolute Gasteiger partial charge is 0.384 e. The standard InChI is InChI=1S/C13H11N5O/c1-8-4-5-15-7-10(8)12-17-13(19-18-12)9-2-3-11(14)16-6-9/h2-7H,1H3,(H2,14,16). The lowest BCUT2D eigenvalue weighted by atomic mass is 10.1. The van der Waals surface area contributed by atoms with E-state index in [2.05, 4.69) is 20.1 Å². The van der Waals surface area contributed by atoms with Crippen molar-refractivity contribution in [2.75, 3.05) is 5.73 Å². The van der Waals surface area contributed by atoms with Crippen LogP contribution in [0.15, 0.2) is 41.3 Å². The van der Waals surface area contributed by atoms with Crippen molar-refractivity contribution in [3.63, 3.8) is 0 Å². The highest BCUT2D eigenvalue weighted by Crippen LogP contribution is 2.23. The molecule has 0 aliphatic carbocycles. The summed E-state index contributed by atoms with van der Waals surface area (Å²) in [6.45, 7) is 1.97. The molecule has 3 aromatic rings. The second kappa shape index (κ2) is 4.49. The zero-order chi connectivity index (χ0) is 13.2. The minimum Gasteiger partial charge on any atom is -0.384 e. The minimum atomic E-state index is 0.408. The lowest BCUT2D eigenvalue weighted by Gasteiger charge is -1.97. The first-order valence-corrected chi connectivity index (χ1v) is 5.70. The van der Waals surface area contributed by atoms with E-state index in [1.807, 2.05) is 13.0 Å². The van der Waals surface area contributed by atoms with Gasteiger partial charge in [-0.15, -0.1) is 0 Å². The predicted octanol–water partition coefficient (Wildman–Crippen LogP) is 2.08. The molecule has 0 bridgehead atoms. The summed E-state index contributed by atoms with van der Waals surface area (Å²) in [5.41, 5.74) is 8.15. The SMILES string of the molecule is Cc1ccncc1-c1noc(-c2ccc(N)nc2)n1. The fourth-order valence-corrected chi connectivity index (χ4v) is 1.68. The number of nitrogens with zero attached hydrogens (tertiary/aromatic N) is 4. The highest BCUT2D eigenvalue weighted by Gasteiger charge is 2.12. The van der Waals surface area contributed by atoms with Gasteiger partial charge in [-0.25, -0.2) is 4.98 Å². The van der Waals surface area contributed by atoms with Crippen molar-refractivity contribution in [1.82, 2.24) is 20.1 Å². The molecule has 3 heterocycles. The zero-order valence-electron chi connectivity index (χ0n) is 10.2. The molecular weight excluding hydrogens is 242 g/mol. The van der Waals surface area contributed by atoms with E-state index in [1.54, 1.807) is 30.7 Å². The van der Waals surface area contributed by atoms with E-state index in [4.69, 9.17) is 10.3 Å². The maximum Gasteiger partial charge on any atom is 0.259 e. The van der Waals surface area contributed by atoms with Gasteiger partial charge in [-0.05, 0) is 30.7 Å². The summed E-state index contributed by atoms with van der Waals surface area (Å²) in [4.78, 5) is 12.4. The maximum atomic E-state index is 5.53. The third-order valence-corrected chi connectivity index (χ3v) is 2.74. The van der Waals surface area contributed by atoms with Crippen molar-refractivity contribution >= 4 is 5.82 Å². The first-order valence-electron chi connectivity index (χ1n) is 5.70. The third kappa shape index (κ3) is 2.15. The molecule has 0 amide bonds. The Balaban J connectivity index is 2.00. The van der Waals surface area contributed by atoms with Crippen LogP contribution in [0.1, 0.15) is 5.56 Å². The number of rotatable bonds is 2. The van der Waals surface area contributed by atoms with Crippen LogP contribution in [0, 0.1) is 6.92 Å². The van der Waals surface area contributed by atoms with Crippen molar-refractivity contribution in [2.24, 2.45) is 0 Å². The van der Waals surface area contributed by atoms with Crippen LogP contribution in [0.3, 0.4) is 0 Å². The average Bonchev–Trinajstić information content (AvgIpc) is 2.89. The Hall–Kier alpha value is -2.76. The Morgan fingerprint density at radius 2 is 2.05 bits per heavy atom. The molecule has 0 atom stereocenters. The number of aromatic nitrogens is 4. The van der Waals surface area contributed by atoms with Crippen molar-refractivity contribution in [3.05, 3.63) is 42.4 Å². The second-order valence-electron chi connectivity index (χ2n) is 4.09. The Morgan fingerprint density at radius 3 is 2.79 bits per heavy atom. The van der Waals surface area contributed by atoms with Gasteiger partial charge < -0.3 is 10.3 Å². The summed E-state index contributed by atoms with van der Waals surface area (Å²) in [6, 6.07) is 5.38. The van der Waals surface area contributed by atoms with E-state index >= 15 is 0 Å². The van der Waals surface area contributed by atoms with Gasteiger partial charge in [0, 0.05) is 24.2 Å². The molecule has 0 saturated heterocycles. The zero-order valence-corrected chi connectivity index (χ0v) is 10.2. The molecule has 3 rings (SSSR count). The smallest absolute Gasteiger partial charge is 0.259 e. The number of nitrogens with two attached hydrogens (primary N) is 1. The van der Waals surface area contributed by atoms with Crippen molar-refractivity contribution in [1.29, 1.82) is 0 Å². The van der Waals surface area contributed by atoms with E-state index in [1.165, 1.54) is 0 Å². The fourth-order valence-electron chi connectivity index (χ4n) is 1.68. The van der Waals surface area contributed by atoms with Gasteiger partial charge in [0.05, 0.1) is 5.56 Å². The monoisotopic (exact) mass is 253 g/mol. The highest BCUT2D eigenvalue weighted by molar-refractivity contribution is 5.61. The van der Waals surface area contributed by atoms with E-state index in [-0.39, 0.29) is 0 Å². The second-order valence-corrected chi connectivity index (χ2v) is 4.09. The van der Waals surface area contributed by atoms with Gasteiger partial charge >= 0.3 is 0 Å². The van der Waals surface area contributed by atoms with E-state index in [0.717, 1.165) is 16.7 Å². The van der Waals surface area contributed by atoms with Crippen LogP contribution in [0.5, 0.6) is 0 Å². The summed E-state index contributed by atoms with van der Waals surface area (Å²) in [7, 11) is 0. The molecule has 0 aliphatic rings. The van der Waals surface area contributed by atoms with Crippen LogP contribution < -0.4 is 5.73 Å². The van der Waals surface area contributed by atoms with Gasteiger partial charge in [0.15, 0.2) is 0 Å². The Bertz CT molecular complexity index is 705. The molecule has 0 fully saturated rings. The van der Waals surface area contributed by atoms with Crippen LogP contribution in [-0.4, -0.2) is 20.1 Å². The summed E-state index contributed by atoms with van der Waals surface area (Å²) in [5, 5.41) is 3.96. The molecule has 19 heavy (non-hydrogen) atoms. The molecule has 2 N–H and O–H groups in total. The van der Waals surface area contributed by atoms with Crippen LogP contribution >= 0.6 is 0 Å². The molecule has 0 spiro atoms. The lowest BCUT2D eigenvalue weighted by Crippen LogP contribution is -1.89. The molecule has 0 radical (unpaired) electrons. The normalized spacial score (nSPS) is 10.6. The van der Waals surface area contributed by atoms with Gasteiger partial charge in [0.25, 0.3) is 5.89 Å². The first kappa shape index (κ1) is 11.3. The maximum absolute atomic E-state index is 5.53. The molecule has 3 aromatic heterocycles. The number of anilines is 1. The van der Waals surface area contributed by atoms with Crippen molar-refractivity contribution < 1.29 is 4.52 Å².